The topological polar surface area (TPSA) is 75.9 Å². The Bertz CT molecular complexity index is 424. The van der Waals surface area contributed by atoms with Crippen LogP contribution in [0.25, 0.3) is 0 Å². The van der Waals surface area contributed by atoms with Crippen LogP contribution in [0.2, 0.25) is 0 Å². The molecule has 1 aromatic heterocycles. The molecule has 0 spiro atoms. The van der Waals surface area contributed by atoms with E-state index in [1.807, 2.05) is 0 Å². The van der Waals surface area contributed by atoms with E-state index >= 15 is 0 Å². The van der Waals surface area contributed by atoms with Gasteiger partial charge in [0, 0.05) is 26.2 Å². The second-order valence-electron chi connectivity index (χ2n) is 4.22. The van der Waals surface area contributed by atoms with Crippen molar-refractivity contribution >= 4 is 12.0 Å². The van der Waals surface area contributed by atoms with E-state index in [0.29, 0.717) is 38.5 Å². The summed E-state index contributed by atoms with van der Waals surface area (Å²) in [5.41, 5.74) is 0.623. The van der Waals surface area contributed by atoms with Gasteiger partial charge in [-0.1, -0.05) is 0 Å². The van der Waals surface area contributed by atoms with Crippen LogP contribution in [-0.2, 0) is 16.0 Å². The van der Waals surface area contributed by atoms with Crippen LogP contribution in [-0.4, -0.2) is 59.6 Å². The van der Waals surface area contributed by atoms with E-state index in [0.717, 1.165) is 0 Å². The van der Waals surface area contributed by atoms with E-state index in [4.69, 9.17) is 9.15 Å². The van der Waals surface area contributed by atoms with Gasteiger partial charge in [0.15, 0.2) is 6.39 Å². The quantitative estimate of drug-likeness (QED) is 0.798. The Morgan fingerprint density at radius 3 is 2.58 bits per heavy atom. The molecule has 2 rings (SSSR count). The Morgan fingerprint density at radius 2 is 2.00 bits per heavy atom. The SMILES string of the molecule is CCOC(=O)N1CCN(C(=O)Cc2cocn2)CC1. The van der Waals surface area contributed by atoms with Crippen molar-refractivity contribution < 1.29 is 18.7 Å². The van der Waals surface area contributed by atoms with Crippen LogP contribution >= 0.6 is 0 Å². The fourth-order valence-corrected chi connectivity index (χ4v) is 1.94. The zero-order valence-electron chi connectivity index (χ0n) is 10.9. The fourth-order valence-electron chi connectivity index (χ4n) is 1.94. The van der Waals surface area contributed by atoms with Crippen molar-refractivity contribution in [3.63, 3.8) is 0 Å². The van der Waals surface area contributed by atoms with Crippen molar-refractivity contribution in [3.05, 3.63) is 18.4 Å². The molecule has 1 aliphatic heterocycles. The number of rotatable bonds is 3. The summed E-state index contributed by atoms with van der Waals surface area (Å²) in [5, 5.41) is 0. The summed E-state index contributed by atoms with van der Waals surface area (Å²) in [6, 6.07) is 0. The van der Waals surface area contributed by atoms with Crippen molar-refractivity contribution in [2.75, 3.05) is 32.8 Å². The lowest BCUT2D eigenvalue weighted by Gasteiger charge is -2.33. The molecule has 0 atom stereocenters. The highest BCUT2D eigenvalue weighted by Crippen LogP contribution is 2.07. The number of nitrogens with zero attached hydrogens (tertiary/aromatic N) is 3. The van der Waals surface area contributed by atoms with E-state index in [2.05, 4.69) is 4.98 Å². The molecule has 19 heavy (non-hydrogen) atoms. The van der Waals surface area contributed by atoms with Crippen LogP contribution in [0.3, 0.4) is 0 Å². The molecule has 0 bridgehead atoms. The minimum Gasteiger partial charge on any atom is -0.451 e. The molecule has 1 saturated heterocycles. The number of ether oxygens (including phenoxy) is 1. The minimum atomic E-state index is -0.314. The van der Waals surface area contributed by atoms with E-state index in [9.17, 15) is 9.59 Å². The first-order valence-corrected chi connectivity index (χ1v) is 6.27. The Morgan fingerprint density at radius 1 is 1.32 bits per heavy atom. The summed E-state index contributed by atoms with van der Waals surface area (Å²) < 4.78 is 9.75. The predicted molar refractivity (Wildman–Crippen MR) is 65.4 cm³/mol. The van der Waals surface area contributed by atoms with Crippen LogP contribution in [0.5, 0.6) is 0 Å². The first-order chi connectivity index (χ1) is 9.20. The van der Waals surface area contributed by atoms with E-state index in [1.54, 1.807) is 16.7 Å². The third kappa shape index (κ3) is 3.46. The van der Waals surface area contributed by atoms with Gasteiger partial charge in [0.25, 0.3) is 0 Å². The third-order valence-corrected chi connectivity index (χ3v) is 2.97. The van der Waals surface area contributed by atoms with E-state index in [-0.39, 0.29) is 18.4 Å². The Labute approximate surface area is 111 Å². The van der Waals surface area contributed by atoms with Gasteiger partial charge in [0.2, 0.25) is 5.91 Å². The van der Waals surface area contributed by atoms with Crippen LogP contribution in [0.1, 0.15) is 12.6 Å². The zero-order valence-corrected chi connectivity index (χ0v) is 10.9. The average Bonchev–Trinajstić information content (AvgIpc) is 2.92. The lowest BCUT2D eigenvalue weighted by molar-refractivity contribution is -0.132. The third-order valence-electron chi connectivity index (χ3n) is 2.97. The van der Waals surface area contributed by atoms with Crippen molar-refractivity contribution in [2.45, 2.75) is 13.3 Å². The lowest BCUT2D eigenvalue weighted by atomic mass is 10.2. The summed E-state index contributed by atoms with van der Waals surface area (Å²) in [7, 11) is 0. The largest absolute Gasteiger partial charge is 0.451 e. The van der Waals surface area contributed by atoms with Gasteiger partial charge >= 0.3 is 6.09 Å². The number of amides is 2. The number of oxazole rings is 1. The summed E-state index contributed by atoms with van der Waals surface area (Å²) in [4.78, 5) is 30.7. The molecule has 104 valence electrons. The van der Waals surface area contributed by atoms with Gasteiger partial charge in [-0.05, 0) is 6.92 Å². The first kappa shape index (κ1) is 13.4. The molecular formula is C12H17N3O4. The summed E-state index contributed by atoms with van der Waals surface area (Å²) in [5.74, 6) is -0.00240. The maximum absolute atomic E-state index is 12.0. The number of aromatic nitrogens is 1. The molecule has 1 aliphatic rings. The highest BCUT2D eigenvalue weighted by Gasteiger charge is 2.25. The molecule has 1 fully saturated rings. The van der Waals surface area contributed by atoms with Crippen LogP contribution in [0.15, 0.2) is 17.1 Å². The van der Waals surface area contributed by atoms with Crippen LogP contribution < -0.4 is 0 Å². The second-order valence-corrected chi connectivity index (χ2v) is 4.22. The van der Waals surface area contributed by atoms with Gasteiger partial charge in [-0.2, -0.15) is 0 Å². The summed E-state index contributed by atoms with van der Waals surface area (Å²) >= 11 is 0. The van der Waals surface area contributed by atoms with E-state index in [1.165, 1.54) is 12.7 Å². The first-order valence-electron chi connectivity index (χ1n) is 6.27. The lowest BCUT2D eigenvalue weighted by Crippen LogP contribution is -2.51. The van der Waals surface area contributed by atoms with Crippen LogP contribution in [0.4, 0.5) is 4.79 Å². The standard InChI is InChI=1S/C12H17N3O4/c1-2-19-12(17)15-5-3-14(4-6-15)11(16)7-10-8-18-9-13-10/h8-9H,2-7H2,1H3. The second kappa shape index (κ2) is 6.21. The highest BCUT2D eigenvalue weighted by atomic mass is 16.6. The van der Waals surface area contributed by atoms with Gasteiger partial charge in [0.1, 0.15) is 6.26 Å². The molecule has 2 amide bonds. The monoisotopic (exact) mass is 267 g/mol. The van der Waals surface area contributed by atoms with Gasteiger partial charge in [-0.3, -0.25) is 4.79 Å². The van der Waals surface area contributed by atoms with Crippen molar-refractivity contribution in [1.82, 2.24) is 14.8 Å². The molecule has 0 aromatic carbocycles. The number of carbonyl (C=O) groups is 2. The van der Waals surface area contributed by atoms with Gasteiger partial charge in [-0.25, -0.2) is 9.78 Å². The van der Waals surface area contributed by atoms with Crippen molar-refractivity contribution in [3.8, 4) is 0 Å². The van der Waals surface area contributed by atoms with Gasteiger partial charge in [-0.15, -0.1) is 0 Å². The Balaban J connectivity index is 1.79. The maximum atomic E-state index is 12.0. The highest BCUT2D eigenvalue weighted by molar-refractivity contribution is 5.78. The molecule has 7 nitrogen and oxygen atoms in total. The maximum Gasteiger partial charge on any atom is 0.409 e. The Kier molecular flexibility index (Phi) is 4.38. The number of hydrogen-bond acceptors (Lipinski definition) is 5. The smallest absolute Gasteiger partial charge is 0.409 e. The Hall–Kier alpha value is -2.05. The number of hydrogen-bond donors (Lipinski definition) is 0. The molecule has 0 N–H and O–H groups in total. The summed E-state index contributed by atoms with van der Waals surface area (Å²) in [6.45, 7) is 4.19. The molecule has 1 aromatic rings. The van der Waals surface area contributed by atoms with Crippen LogP contribution in [0, 0.1) is 0 Å². The average molecular weight is 267 g/mol. The van der Waals surface area contributed by atoms with Gasteiger partial charge in [0.05, 0.1) is 18.7 Å². The van der Waals surface area contributed by atoms with Crippen molar-refractivity contribution in [2.24, 2.45) is 0 Å². The molecule has 0 aliphatic carbocycles. The minimum absolute atomic E-state index is 0.00240. The molecule has 0 unspecified atom stereocenters. The zero-order chi connectivity index (χ0) is 13.7. The fraction of sp³-hybridized carbons (Fsp3) is 0.583. The van der Waals surface area contributed by atoms with E-state index < -0.39 is 0 Å². The van der Waals surface area contributed by atoms with Gasteiger partial charge < -0.3 is 19.0 Å². The molecular weight excluding hydrogens is 250 g/mol. The van der Waals surface area contributed by atoms with Crippen molar-refractivity contribution in [1.29, 1.82) is 0 Å². The number of carbonyl (C=O) groups excluding carboxylic acids is 2. The molecule has 2 heterocycles. The normalized spacial score (nSPS) is 15.4. The molecule has 0 saturated carbocycles. The summed E-state index contributed by atoms with van der Waals surface area (Å²) in [6.07, 6.45) is 2.69. The molecule has 0 radical (unpaired) electrons. The predicted octanol–water partition coefficient (Wildman–Crippen LogP) is 0.518. The molecule has 7 heteroatoms. The number of piperazine rings is 1.